The van der Waals surface area contributed by atoms with Gasteiger partial charge in [0.05, 0.1) is 25.9 Å². The van der Waals surface area contributed by atoms with Gasteiger partial charge in [0.25, 0.3) is 5.91 Å². The lowest BCUT2D eigenvalue weighted by Crippen LogP contribution is -2.36. The SMILES string of the molecule is COC(=O)c1ccc(NC(=O)c2ccc(N3CCOCC3)cc2)cc1. The number of nitrogens with one attached hydrogen (secondary N) is 1. The maximum Gasteiger partial charge on any atom is 0.337 e. The molecule has 0 aliphatic carbocycles. The normalized spacial score (nSPS) is 14.0. The summed E-state index contributed by atoms with van der Waals surface area (Å²) in [6.45, 7) is 3.17. The number of ether oxygens (including phenoxy) is 2. The van der Waals surface area contributed by atoms with E-state index < -0.39 is 5.97 Å². The number of hydrogen-bond donors (Lipinski definition) is 1. The number of nitrogens with zero attached hydrogens (tertiary/aromatic N) is 1. The minimum absolute atomic E-state index is 0.195. The summed E-state index contributed by atoms with van der Waals surface area (Å²) in [5, 5.41) is 2.82. The Balaban J connectivity index is 1.63. The minimum atomic E-state index is -0.406. The highest BCUT2D eigenvalue weighted by atomic mass is 16.5. The Labute approximate surface area is 146 Å². The van der Waals surface area contributed by atoms with Crippen LogP contribution in [0, 0.1) is 0 Å². The van der Waals surface area contributed by atoms with Crippen LogP contribution in [0.5, 0.6) is 0 Å². The van der Waals surface area contributed by atoms with Crippen molar-refractivity contribution in [2.24, 2.45) is 0 Å². The van der Waals surface area contributed by atoms with Gasteiger partial charge in [-0.1, -0.05) is 0 Å². The topological polar surface area (TPSA) is 67.9 Å². The van der Waals surface area contributed by atoms with Crippen LogP contribution in [0.2, 0.25) is 0 Å². The molecule has 1 saturated heterocycles. The maximum atomic E-state index is 12.3. The third kappa shape index (κ3) is 4.16. The lowest BCUT2D eigenvalue weighted by atomic mass is 10.1. The molecule has 25 heavy (non-hydrogen) atoms. The summed E-state index contributed by atoms with van der Waals surface area (Å²) in [6, 6.07) is 14.1. The van der Waals surface area contributed by atoms with Gasteiger partial charge in [0.15, 0.2) is 0 Å². The third-order valence-corrected chi connectivity index (χ3v) is 4.07. The minimum Gasteiger partial charge on any atom is -0.465 e. The molecule has 0 atom stereocenters. The zero-order valence-corrected chi connectivity index (χ0v) is 14.0. The van der Waals surface area contributed by atoms with E-state index in [-0.39, 0.29) is 5.91 Å². The van der Waals surface area contributed by atoms with E-state index in [1.807, 2.05) is 24.3 Å². The van der Waals surface area contributed by atoms with E-state index in [0.717, 1.165) is 32.0 Å². The fraction of sp³-hybridized carbons (Fsp3) is 0.263. The van der Waals surface area contributed by atoms with Gasteiger partial charge in [-0.2, -0.15) is 0 Å². The molecule has 1 aliphatic rings. The lowest BCUT2D eigenvalue weighted by molar-refractivity contribution is 0.0600. The molecule has 6 heteroatoms. The van der Waals surface area contributed by atoms with Crippen LogP contribution >= 0.6 is 0 Å². The van der Waals surface area contributed by atoms with Crippen molar-refractivity contribution < 1.29 is 19.1 Å². The van der Waals surface area contributed by atoms with Crippen LogP contribution in [-0.2, 0) is 9.47 Å². The van der Waals surface area contributed by atoms with Gasteiger partial charge in [0.1, 0.15) is 0 Å². The summed E-state index contributed by atoms with van der Waals surface area (Å²) < 4.78 is 9.99. The predicted molar refractivity (Wildman–Crippen MR) is 95.2 cm³/mol. The first-order valence-corrected chi connectivity index (χ1v) is 8.10. The monoisotopic (exact) mass is 340 g/mol. The zero-order valence-electron chi connectivity index (χ0n) is 14.0. The quantitative estimate of drug-likeness (QED) is 0.867. The third-order valence-electron chi connectivity index (χ3n) is 4.07. The molecule has 1 N–H and O–H groups in total. The smallest absolute Gasteiger partial charge is 0.337 e. The summed E-state index contributed by atoms with van der Waals surface area (Å²) in [4.78, 5) is 26.0. The molecule has 1 heterocycles. The molecule has 2 aromatic rings. The lowest BCUT2D eigenvalue weighted by Gasteiger charge is -2.28. The number of methoxy groups -OCH3 is 1. The molecule has 0 spiro atoms. The van der Waals surface area contributed by atoms with E-state index in [0.29, 0.717) is 16.8 Å². The highest BCUT2D eigenvalue weighted by Crippen LogP contribution is 2.18. The molecule has 0 saturated carbocycles. The first kappa shape index (κ1) is 17.0. The molecule has 0 unspecified atom stereocenters. The van der Waals surface area contributed by atoms with E-state index >= 15 is 0 Å². The molecule has 1 amide bonds. The summed E-state index contributed by atoms with van der Waals surface area (Å²) in [6.07, 6.45) is 0. The molecule has 2 aromatic carbocycles. The zero-order chi connectivity index (χ0) is 17.6. The predicted octanol–water partition coefficient (Wildman–Crippen LogP) is 2.56. The van der Waals surface area contributed by atoms with Crippen LogP contribution in [0.25, 0.3) is 0 Å². The molecule has 3 rings (SSSR count). The van der Waals surface area contributed by atoms with Crippen LogP contribution in [-0.4, -0.2) is 45.3 Å². The van der Waals surface area contributed by atoms with Crippen LogP contribution in [0.1, 0.15) is 20.7 Å². The van der Waals surface area contributed by atoms with Crippen molar-refractivity contribution in [1.82, 2.24) is 0 Å². The maximum absolute atomic E-state index is 12.3. The van der Waals surface area contributed by atoms with Crippen molar-refractivity contribution in [3.8, 4) is 0 Å². The number of carbonyl (C=O) groups excluding carboxylic acids is 2. The average molecular weight is 340 g/mol. The van der Waals surface area contributed by atoms with Crippen LogP contribution in [0.15, 0.2) is 48.5 Å². The fourth-order valence-electron chi connectivity index (χ4n) is 2.66. The van der Waals surface area contributed by atoms with Crippen molar-refractivity contribution in [3.63, 3.8) is 0 Å². The highest BCUT2D eigenvalue weighted by Gasteiger charge is 2.12. The van der Waals surface area contributed by atoms with Crippen LogP contribution in [0.4, 0.5) is 11.4 Å². The Hall–Kier alpha value is -2.86. The van der Waals surface area contributed by atoms with E-state index in [2.05, 4.69) is 15.0 Å². The van der Waals surface area contributed by atoms with Crippen molar-refractivity contribution in [2.45, 2.75) is 0 Å². The number of amides is 1. The summed E-state index contributed by atoms with van der Waals surface area (Å²) >= 11 is 0. The Bertz CT molecular complexity index is 735. The van der Waals surface area contributed by atoms with Crippen molar-refractivity contribution in [1.29, 1.82) is 0 Å². The number of rotatable bonds is 4. The van der Waals surface area contributed by atoms with Gasteiger partial charge in [0.2, 0.25) is 0 Å². The molecule has 6 nitrogen and oxygen atoms in total. The number of morpholine rings is 1. The second-order valence-corrected chi connectivity index (χ2v) is 5.67. The van der Waals surface area contributed by atoms with Crippen molar-refractivity contribution in [3.05, 3.63) is 59.7 Å². The number of hydrogen-bond acceptors (Lipinski definition) is 5. The molecular formula is C19H20N2O4. The van der Waals surface area contributed by atoms with Crippen molar-refractivity contribution in [2.75, 3.05) is 43.6 Å². The number of anilines is 2. The van der Waals surface area contributed by atoms with Gasteiger partial charge < -0.3 is 19.7 Å². The van der Waals surface area contributed by atoms with Crippen LogP contribution in [0.3, 0.4) is 0 Å². The van der Waals surface area contributed by atoms with Crippen molar-refractivity contribution >= 4 is 23.3 Å². The molecule has 0 radical (unpaired) electrons. The largest absolute Gasteiger partial charge is 0.465 e. The Morgan fingerprint density at radius 1 is 0.960 bits per heavy atom. The Morgan fingerprint density at radius 3 is 2.16 bits per heavy atom. The molecule has 1 aliphatic heterocycles. The number of benzene rings is 2. The van der Waals surface area contributed by atoms with E-state index in [9.17, 15) is 9.59 Å². The van der Waals surface area contributed by atoms with E-state index in [1.165, 1.54) is 7.11 Å². The number of esters is 1. The van der Waals surface area contributed by atoms with E-state index in [1.54, 1.807) is 24.3 Å². The highest BCUT2D eigenvalue weighted by molar-refractivity contribution is 6.04. The fourth-order valence-corrected chi connectivity index (χ4v) is 2.66. The molecule has 1 fully saturated rings. The molecular weight excluding hydrogens is 320 g/mol. The Morgan fingerprint density at radius 2 is 1.56 bits per heavy atom. The van der Waals surface area contributed by atoms with Gasteiger partial charge in [0, 0.05) is 30.0 Å². The standard InChI is InChI=1S/C19H20N2O4/c1-24-19(23)15-2-6-16(7-3-15)20-18(22)14-4-8-17(9-5-14)21-10-12-25-13-11-21/h2-9H,10-13H2,1H3,(H,20,22). The van der Waals surface area contributed by atoms with Gasteiger partial charge in [-0.3, -0.25) is 4.79 Å². The molecule has 0 aromatic heterocycles. The first-order chi connectivity index (χ1) is 12.2. The summed E-state index contributed by atoms with van der Waals surface area (Å²) in [5.74, 6) is -0.601. The average Bonchev–Trinajstić information content (AvgIpc) is 2.68. The van der Waals surface area contributed by atoms with Gasteiger partial charge in [-0.25, -0.2) is 4.79 Å². The summed E-state index contributed by atoms with van der Waals surface area (Å²) in [7, 11) is 1.33. The first-order valence-electron chi connectivity index (χ1n) is 8.10. The second-order valence-electron chi connectivity index (χ2n) is 5.67. The van der Waals surface area contributed by atoms with Gasteiger partial charge in [-0.05, 0) is 48.5 Å². The van der Waals surface area contributed by atoms with E-state index in [4.69, 9.17) is 4.74 Å². The summed E-state index contributed by atoms with van der Waals surface area (Å²) in [5.41, 5.74) is 2.72. The number of carbonyl (C=O) groups is 2. The van der Waals surface area contributed by atoms with Crippen LogP contribution < -0.4 is 10.2 Å². The molecule has 0 bridgehead atoms. The Kier molecular flexibility index (Phi) is 5.30. The van der Waals surface area contributed by atoms with Gasteiger partial charge in [-0.15, -0.1) is 0 Å². The van der Waals surface area contributed by atoms with Gasteiger partial charge >= 0.3 is 5.97 Å². The molecule has 130 valence electrons. The second kappa shape index (κ2) is 7.81.